The van der Waals surface area contributed by atoms with Crippen molar-refractivity contribution in [1.82, 2.24) is 4.90 Å². The summed E-state index contributed by atoms with van der Waals surface area (Å²) in [6.45, 7) is 8.39. The predicted octanol–water partition coefficient (Wildman–Crippen LogP) is 3.22. The third-order valence-electron chi connectivity index (χ3n) is 4.26. The van der Waals surface area contributed by atoms with Crippen LogP contribution in [0.25, 0.3) is 0 Å². The summed E-state index contributed by atoms with van der Waals surface area (Å²) in [4.78, 5) is 2.04. The zero-order chi connectivity index (χ0) is 19.0. The van der Waals surface area contributed by atoms with Gasteiger partial charge in [0.2, 0.25) is 0 Å². The molecule has 0 unspecified atom stereocenters. The molecule has 0 fully saturated rings. The van der Waals surface area contributed by atoms with E-state index in [4.69, 9.17) is 4.74 Å². The molecule has 26 heavy (non-hydrogen) atoms. The van der Waals surface area contributed by atoms with E-state index in [1.807, 2.05) is 53.4 Å². The first-order valence-electron chi connectivity index (χ1n) is 9.17. The molecule has 4 heteroatoms. The standard InChI is InChI=1S/C22H31NO3/c1-22(2,3)20-11-7-8-12-21(20)26-17-19(25)16-23(13-14-24)15-18-9-5-4-6-10-18/h4-12,19,24-25H,13-17H2,1-3H3/t19-/m0/s1. The van der Waals surface area contributed by atoms with Crippen LogP contribution < -0.4 is 4.74 Å². The molecule has 2 N–H and O–H groups in total. The Bertz CT molecular complexity index is 652. The molecular formula is C22H31NO3. The molecule has 0 heterocycles. The van der Waals surface area contributed by atoms with Crippen LogP contribution in [0.2, 0.25) is 0 Å². The van der Waals surface area contributed by atoms with Crippen molar-refractivity contribution in [3.05, 3.63) is 65.7 Å². The summed E-state index contributed by atoms with van der Waals surface area (Å²) >= 11 is 0. The number of rotatable bonds is 9. The van der Waals surface area contributed by atoms with Gasteiger partial charge in [0.05, 0.1) is 6.61 Å². The predicted molar refractivity (Wildman–Crippen MR) is 105 cm³/mol. The van der Waals surface area contributed by atoms with Gasteiger partial charge in [-0.2, -0.15) is 0 Å². The summed E-state index contributed by atoms with van der Waals surface area (Å²) in [5, 5.41) is 19.7. The summed E-state index contributed by atoms with van der Waals surface area (Å²) in [6, 6.07) is 18.0. The molecule has 0 radical (unpaired) electrons. The molecule has 0 aliphatic rings. The van der Waals surface area contributed by atoms with Crippen LogP contribution >= 0.6 is 0 Å². The monoisotopic (exact) mass is 357 g/mol. The van der Waals surface area contributed by atoms with E-state index in [1.165, 1.54) is 0 Å². The van der Waals surface area contributed by atoms with Crippen LogP contribution in [0.1, 0.15) is 31.9 Å². The Kier molecular flexibility index (Phi) is 7.64. The largest absolute Gasteiger partial charge is 0.491 e. The van der Waals surface area contributed by atoms with E-state index in [-0.39, 0.29) is 18.6 Å². The first-order chi connectivity index (χ1) is 12.4. The maximum Gasteiger partial charge on any atom is 0.123 e. The van der Waals surface area contributed by atoms with Gasteiger partial charge in [-0.1, -0.05) is 69.3 Å². The zero-order valence-corrected chi connectivity index (χ0v) is 16.1. The smallest absolute Gasteiger partial charge is 0.123 e. The first-order valence-corrected chi connectivity index (χ1v) is 9.17. The lowest BCUT2D eigenvalue weighted by molar-refractivity contribution is 0.0584. The van der Waals surface area contributed by atoms with E-state index in [2.05, 4.69) is 26.8 Å². The molecule has 0 saturated heterocycles. The van der Waals surface area contributed by atoms with Crippen molar-refractivity contribution in [3.63, 3.8) is 0 Å². The van der Waals surface area contributed by atoms with Crippen LogP contribution in [0.4, 0.5) is 0 Å². The molecule has 0 aliphatic carbocycles. The van der Waals surface area contributed by atoms with Crippen LogP contribution in [0.3, 0.4) is 0 Å². The topological polar surface area (TPSA) is 52.9 Å². The Labute approximate surface area is 157 Å². The highest BCUT2D eigenvalue weighted by atomic mass is 16.5. The molecule has 1 atom stereocenters. The maximum absolute atomic E-state index is 10.4. The van der Waals surface area contributed by atoms with Crippen molar-refractivity contribution >= 4 is 0 Å². The highest BCUT2D eigenvalue weighted by molar-refractivity contribution is 5.38. The lowest BCUT2D eigenvalue weighted by atomic mass is 9.86. The minimum atomic E-state index is -0.627. The number of aliphatic hydroxyl groups excluding tert-OH is 2. The molecule has 2 aromatic carbocycles. The molecule has 0 aliphatic heterocycles. The third kappa shape index (κ3) is 6.45. The number of hydrogen-bond acceptors (Lipinski definition) is 4. The van der Waals surface area contributed by atoms with Gasteiger partial charge in [0.1, 0.15) is 18.5 Å². The number of aliphatic hydroxyl groups is 2. The summed E-state index contributed by atoms with van der Waals surface area (Å²) in [7, 11) is 0. The summed E-state index contributed by atoms with van der Waals surface area (Å²) in [5.41, 5.74) is 2.27. The van der Waals surface area contributed by atoms with Crippen molar-refractivity contribution in [2.24, 2.45) is 0 Å². The van der Waals surface area contributed by atoms with Crippen molar-refractivity contribution in [2.45, 2.75) is 38.8 Å². The lowest BCUT2D eigenvalue weighted by Crippen LogP contribution is -2.37. The highest BCUT2D eigenvalue weighted by Gasteiger charge is 2.19. The minimum Gasteiger partial charge on any atom is -0.491 e. The second kappa shape index (κ2) is 9.72. The Morgan fingerprint density at radius 1 is 1.00 bits per heavy atom. The van der Waals surface area contributed by atoms with Gasteiger partial charge in [-0.15, -0.1) is 0 Å². The van der Waals surface area contributed by atoms with Gasteiger partial charge >= 0.3 is 0 Å². The average Bonchev–Trinajstić information content (AvgIpc) is 2.60. The highest BCUT2D eigenvalue weighted by Crippen LogP contribution is 2.30. The number of ether oxygens (including phenoxy) is 1. The fourth-order valence-electron chi connectivity index (χ4n) is 2.97. The Balaban J connectivity index is 1.93. The Morgan fingerprint density at radius 3 is 2.31 bits per heavy atom. The van der Waals surface area contributed by atoms with Crippen LogP contribution in [-0.2, 0) is 12.0 Å². The van der Waals surface area contributed by atoms with Crippen molar-refractivity contribution in [3.8, 4) is 5.75 Å². The van der Waals surface area contributed by atoms with Gasteiger partial charge in [-0.05, 0) is 22.6 Å². The molecule has 0 amide bonds. The molecule has 0 spiro atoms. The van der Waals surface area contributed by atoms with E-state index in [9.17, 15) is 10.2 Å². The van der Waals surface area contributed by atoms with Gasteiger partial charge in [0.15, 0.2) is 0 Å². The third-order valence-corrected chi connectivity index (χ3v) is 4.26. The molecule has 4 nitrogen and oxygen atoms in total. The fraction of sp³-hybridized carbons (Fsp3) is 0.455. The number of para-hydroxylation sites is 1. The van der Waals surface area contributed by atoms with Gasteiger partial charge in [0, 0.05) is 19.6 Å². The normalized spacial score (nSPS) is 13.0. The van der Waals surface area contributed by atoms with E-state index in [1.54, 1.807) is 0 Å². The number of benzene rings is 2. The zero-order valence-electron chi connectivity index (χ0n) is 16.1. The van der Waals surface area contributed by atoms with Crippen molar-refractivity contribution in [2.75, 3.05) is 26.3 Å². The van der Waals surface area contributed by atoms with Crippen LogP contribution in [0.15, 0.2) is 54.6 Å². The summed E-state index contributed by atoms with van der Waals surface area (Å²) in [5.74, 6) is 0.816. The lowest BCUT2D eigenvalue weighted by Gasteiger charge is -2.26. The van der Waals surface area contributed by atoms with Crippen molar-refractivity contribution in [1.29, 1.82) is 0 Å². The molecule has 2 rings (SSSR count). The second-order valence-electron chi connectivity index (χ2n) is 7.66. The molecule has 0 aromatic heterocycles. The molecule has 142 valence electrons. The quantitative estimate of drug-likeness (QED) is 0.723. The van der Waals surface area contributed by atoms with E-state index < -0.39 is 6.10 Å². The summed E-state index contributed by atoms with van der Waals surface area (Å²) < 4.78 is 5.92. The van der Waals surface area contributed by atoms with Gasteiger partial charge in [0.25, 0.3) is 0 Å². The minimum absolute atomic E-state index is 0.0161. The van der Waals surface area contributed by atoms with Crippen LogP contribution in [0.5, 0.6) is 5.75 Å². The second-order valence-corrected chi connectivity index (χ2v) is 7.66. The first kappa shape index (κ1) is 20.4. The molecule has 0 saturated carbocycles. The summed E-state index contributed by atoms with van der Waals surface area (Å²) in [6.07, 6.45) is -0.627. The van der Waals surface area contributed by atoms with E-state index in [0.717, 1.165) is 16.9 Å². The molecule has 2 aromatic rings. The number of nitrogens with zero attached hydrogens (tertiary/aromatic N) is 1. The number of hydrogen-bond donors (Lipinski definition) is 2. The van der Waals surface area contributed by atoms with E-state index >= 15 is 0 Å². The van der Waals surface area contributed by atoms with Crippen molar-refractivity contribution < 1.29 is 14.9 Å². The molecule has 0 bridgehead atoms. The van der Waals surface area contributed by atoms with Gasteiger partial charge in [-0.3, -0.25) is 4.90 Å². The average molecular weight is 357 g/mol. The SMILES string of the molecule is CC(C)(C)c1ccccc1OC[C@@H](O)CN(CCO)Cc1ccccc1. The maximum atomic E-state index is 10.4. The van der Waals surface area contributed by atoms with E-state index in [0.29, 0.717) is 19.6 Å². The van der Waals surface area contributed by atoms with Crippen LogP contribution in [-0.4, -0.2) is 47.5 Å². The fourth-order valence-corrected chi connectivity index (χ4v) is 2.97. The molecular weight excluding hydrogens is 326 g/mol. The Morgan fingerprint density at radius 2 is 1.65 bits per heavy atom. The Hall–Kier alpha value is -1.88. The van der Waals surface area contributed by atoms with Gasteiger partial charge < -0.3 is 14.9 Å². The van der Waals surface area contributed by atoms with Gasteiger partial charge in [-0.25, -0.2) is 0 Å². The van der Waals surface area contributed by atoms with Crippen LogP contribution in [0, 0.1) is 0 Å².